The number of nitrogens with one attached hydrogen (secondary N) is 2. The van der Waals surface area contributed by atoms with Crippen molar-refractivity contribution in [3.63, 3.8) is 0 Å². The number of phenols is 1. The number of anilines is 1. The van der Waals surface area contributed by atoms with Crippen LogP contribution in [0.3, 0.4) is 0 Å². The summed E-state index contributed by atoms with van der Waals surface area (Å²) in [5.41, 5.74) is 1.45. The lowest BCUT2D eigenvalue weighted by atomic mass is 10.1. The van der Waals surface area contributed by atoms with Gasteiger partial charge < -0.3 is 15.7 Å². The van der Waals surface area contributed by atoms with E-state index in [1.165, 1.54) is 6.07 Å². The van der Waals surface area contributed by atoms with Crippen molar-refractivity contribution in [1.29, 1.82) is 0 Å². The molecule has 1 atom stereocenters. The van der Waals surface area contributed by atoms with E-state index in [-0.39, 0.29) is 29.9 Å². The number of hydrogen-bond donors (Lipinski definition) is 3. The van der Waals surface area contributed by atoms with Crippen LogP contribution in [0.2, 0.25) is 0 Å². The monoisotopic (exact) mass is 234 g/mol. The molecule has 2 rings (SSSR count). The molecule has 17 heavy (non-hydrogen) atoms. The van der Waals surface area contributed by atoms with Crippen molar-refractivity contribution < 1.29 is 14.7 Å². The van der Waals surface area contributed by atoms with Crippen LogP contribution in [0, 0.1) is 12.8 Å². The van der Waals surface area contributed by atoms with E-state index in [1.54, 1.807) is 19.1 Å². The van der Waals surface area contributed by atoms with Gasteiger partial charge in [0.25, 0.3) is 0 Å². The van der Waals surface area contributed by atoms with E-state index in [1.807, 2.05) is 0 Å². The van der Waals surface area contributed by atoms with Gasteiger partial charge in [0.1, 0.15) is 5.75 Å². The van der Waals surface area contributed by atoms with Gasteiger partial charge in [-0.1, -0.05) is 0 Å². The molecular formula is C12H14N2O3. The molecule has 5 heteroatoms. The molecule has 1 unspecified atom stereocenters. The highest BCUT2D eigenvalue weighted by Gasteiger charge is 2.28. The predicted octanol–water partition coefficient (Wildman–Crippen LogP) is 0.775. The van der Waals surface area contributed by atoms with Crippen molar-refractivity contribution in [2.45, 2.75) is 13.3 Å². The molecule has 3 N–H and O–H groups in total. The molecule has 1 aliphatic heterocycles. The Bertz CT molecular complexity index is 471. The summed E-state index contributed by atoms with van der Waals surface area (Å²) < 4.78 is 0. The van der Waals surface area contributed by atoms with Gasteiger partial charge in [0.15, 0.2) is 0 Å². The zero-order chi connectivity index (χ0) is 12.4. The minimum absolute atomic E-state index is 0.0902. The Balaban J connectivity index is 2.05. The Kier molecular flexibility index (Phi) is 2.99. The van der Waals surface area contributed by atoms with Crippen LogP contribution in [-0.4, -0.2) is 23.5 Å². The van der Waals surface area contributed by atoms with Gasteiger partial charge in [-0.15, -0.1) is 0 Å². The molecule has 1 aromatic carbocycles. The molecule has 5 nitrogen and oxygen atoms in total. The zero-order valence-corrected chi connectivity index (χ0v) is 9.49. The summed E-state index contributed by atoms with van der Waals surface area (Å²) in [4.78, 5) is 22.8. The first kappa shape index (κ1) is 11.4. The van der Waals surface area contributed by atoms with E-state index < -0.39 is 0 Å². The van der Waals surface area contributed by atoms with Crippen LogP contribution in [0.1, 0.15) is 12.0 Å². The molecule has 1 heterocycles. The van der Waals surface area contributed by atoms with Crippen molar-refractivity contribution in [2.24, 2.45) is 5.92 Å². The number of carbonyl (C=O) groups excluding carboxylic acids is 2. The van der Waals surface area contributed by atoms with Crippen LogP contribution < -0.4 is 10.6 Å². The lowest BCUT2D eigenvalue weighted by Gasteiger charge is -2.11. The molecule has 90 valence electrons. The maximum atomic E-state index is 11.8. The highest BCUT2D eigenvalue weighted by atomic mass is 16.3. The molecular weight excluding hydrogens is 220 g/mol. The fraction of sp³-hybridized carbons (Fsp3) is 0.333. The summed E-state index contributed by atoms with van der Waals surface area (Å²) in [7, 11) is 0. The Hall–Kier alpha value is -2.04. The Morgan fingerprint density at radius 1 is 1.53 bits per heavy atom. The van der Waals surface area contributed by atoms with E-state index in [2.05, 4.69) is 10.6 Å². The third-order valence-electron chi connectivity index (χ3n) is 2.82. The zero-order valence-electron chi connectivity index (χ0n) is 9.49. The second-order valence-electron chi connectivity index (χ2n) is 4.19. The first-order valence-electron chi connectivity index (χ1n) is 5.43. The number of benzene rings is 1. The van der Waals surface area contributed by atoms with Gasteiger partial charge in [0, 0.05) is 18.7 Å². The van der Waals surface area contributed by atoms with Crippen LogP contribution in [0.4, 0.5) is 5.69 Å². The van der Waals surface area contributed by atoms with E-state index >= 15 is 0 Å². The van der Waals surface area contributed by atoms with Gasteiger partial charge in [0.05, 0.1) is 5.92 Å². The predicted molar refractivity (Wildman–Crippen MR) is 62.6 cm³/mol. The molecule has 0 spiro atoms. The molecule has 2 amide bonds. The molecule has 0 saturated carbocycles. The van der Waals surface area contributed by atoms with E-state index in [4.69, 9.17) is 0 Å². The average Bonchev–Trinajstić information content (AvgIpc) is 2.69. The number of hydrogen-bond acceptors (Lipinski definition) is 3. The maximum absolute atomic E-state index is 11.8. The van der Waals surface area contributed by atoms with Crippen LogP contribution in [-0.2, 0) is 9.59 Å². The summed E-state index contributed by atoms with van der Waals surface area (Å²) in [5.74, 6) is -0.404. The topological polar surface area (TPSA) is 78.4 Å². The molecule has 0 radical (unpaired) electrons. The van der Waals surface area contributed by atoms with Gasteiger partial charge in [0.2, 0.25) is 11.8 Å². The van der Waals surface area contributed by atoms with Gasteiger partial charge in [-0.05, 0) is 30.7 Å². The second kappa shape index (κ2) is 4.45. The molecule has 0 aliphatic carbocycles. The second-order valence-corrected chi connectivity index (χ2v) is 4.19. The van der Waals surface area contributed by atoms with E-state index in [0.29, 0.717) is 12.2 Å². The molecule has 1 aliphatic rings. The maximum Gasteiger partial charge on any atom is 0.229 e. The van der Waals surface area contributed by atoms with Crippen LogP contribution in [0.25, 0.3) is 0 Å². The number of rotatable bonds is 2. The number of carbonyl (C=O) groups is 2. The van der Waals surface area contributed by atoms with Crippen molar-refractivity contribution in [3.8, 4) is 5.75 Å². The SMILES string of the molecule is Cc1cc(O)ccc1NC(=O)C1CNC(=O)C1. The highest BCUT2D eigenvalue weighted by Crippen LogP contribution is 2.21. The molecule has 0 aromatic heterocycles. The van der Waals surface area contributed by atoms with Crippen molar-refractivity contribution in [3.05, 3.63) is 23.8 Å². The summed E-state index contributed by atoms with van der Waals surface area (Å²) >= 11 is 0. The van der Waals surface area contributed by atoms with Gasteiger partial charge in [-0.25, -0.2) is 0 Å². The minimum Gasteiger partial charge on any atom is -0.508 e. The number of amides is 2. The fourth-order valence-corrected chi connectivity index (χ4v) is 1.81. The van der Waals surface area contributed by atoms with Crippen LogP contribution in [0.5, 0.6) is 5.75 Å². The van der Waals surface area contributed by atoms with Crippen molar-refractivity contribution >= 4 is 17.5 Å². The van der Waals surface area contributed by atoms with Crippen molar-refractivity contribution in [2.75, 3.05) is 11.9 Å². The Morgan fingerprint density at radius 2 is 2.29 bits per heavy atom. The number of aromatic hydroxyl groups is 1. The lowest BCUT2D eigenvalue weighted by Crippen LogP contribution is -2.24. The molecule has 1 fully saturated rings. The van der Waals surface area contributed by atoms with E-state index in [0.717, 1.165) is 5.56 Å². The van der Waals surface area contributed by atoms with E-state index in [9.17, 15) is 14.7 Å². The van der Waals surface area contributed by atoms with Crippen LogP contribution >= 0.6 is 0 Å². The normalized spacial score (nSPS) is 18.9. The number of aryl methyl sites for hydroxylation is 1. The van der Waals surface area contributed by atoms with Gasteiger partial charge >= 0.3 is 0 Å². The van der Waals surface area contributed by atoms with Crippen molar-refractivity contribution in [1.82, 2.24) is 5.32 Å². The first-order chi connectivity index (χ1) is 8.06. The third-order valence-corrected chi connectivity index (χ3v) is 2.82. The Morgan fingerprint density at radius 3 is 2.88 bits per heavy atom. The smallest absolute Gasteiger partial charge is 0.229 e. The van der Waals surface area contributed by atoms with Gasteiger partial charge in [-0.3, -0.25) is 9.59 Å². The molecule has 1 aromatic rings. The number of phenolic OH excluding ortho intramolecular Hbond substituents is 1. The average molecular weight is 234 g/mol. The highest BCUT2D eigenvalue weighted by molar-refractivity contribution is 5.97. The van der Waals surface area contributed by atoms with Gasteiger partial charge in [-0.2, -0.15) is 0 Å². The third kappa shape index (κ3) is 2.55. The largest absolute Gasteiger partial charge is 0.508 e. The summed E-state index contributed by atoms with van der Waals surface area (Å²) in [5, 5.41) is 14.6. The summed E-state index contributed by atoms with van der Waals surface area (Å²) in [6, 6.07) is 4.74. The molecule has 1 saturated heterocycles. The lowest BCUT2D eigenvalue weighted by molar-refractivity contribution is -0.123. The quantitative estimate of drug-likeness (QED) is 0.661. The Labute approximate surface area is 98.8 Å². The molecule has 0 bridgehead atoms. The fourth-order valence-electron chi connectivity index (χ4n) is 1.81. The summed E-state index contributed by atoms with van der Waals surface area (Å²) in [6.45, 7) is 2.19. The minimum atomic E-state index is -0.310. The standard InChI is InChI=1S/C12H14N2O3/c1-7-4-9(15)2-3-10(7)14-12(17)8-5-11(16)13-6-8/h2-4,8,15H,5-6H2,1H3,(H,13,16)(H,14,17). The first-order valence-corrected chi connectivity index (χ1v) is 5.43. The van der Waals surface area contributed by atoms with Crippen LogP contribution in [0.15, 0.2) is 18.2 Å². The summed E-state index contributed by atoms with van der Waals surface area (Å²) in [6.07, 6.45) is 0.239.